The number of imide groups is 2. The maximum atomic E-state index is 12.7. The summed E-state index contributed by atoms with van der Waals surface area (Å²) in [7, 11) is 0. The second kappa shape index (κ2) is 9.90. The van der Waals surface area contributed by atoms with Gasteiger partial charge in [0.1, 0.15) is 5.76 Å². The van der Waals surface area contributed by atoms with Crippen LogP contribution in [0.3, 0.4) is 0 Å². The molecule has 1 aromatic carbocycles. The van der Waals surface area contributed by atoms with Crippen LogP contribution in [-0.2, 0) is 16.1 Å². The van der Waals surface area contributed by atoms with Crippen molar-refractivity contribution in [3.05, 3.63) is 59.0 Å². The first-order valence-electron chi connectivity index (χ1n) is 11.2. The average Bonchev–Trinajstić information content (AvgIpc) is 3.42. The normalized spacial score (nSPS) is 16.7. The molecule has 0 spiro atoms. The molecule has 5 amide bonds. The SMILES string of the molecule is CC(OC(=O)c1ccc2c(c1)C(=O)N(Cc1ccco1)C2=O)C(=O)NC(=O)NC1CCCCC1. The number of furan rings is 1. The number of benzene rings is 1. The van der Waals surface area contributed by atoms with Gasteiger partial charge in [-0.15, -0.1) is 0 Å². The van der Waals surface area contributed by atoms with Crippen molar-refractivity contribution >= 4 is 29.7 Å². The standard InChI is InChI=1S/C24H25N3O7/c1-14(20(28)26-24(32)25-16-6-3-2-4-7-16)34-23(31)15-9-10-18-19(12-15)22(30)27(21(18)29)13-17-8-5-11-33-17/h5,8-12,14,16H,2-4,6-7,13H2,1H3,(H2,25,26,28,32). The number of ether oxygens (including phenoxy) is 1. The van der Waals surface area contributed by atoms with Crippen LogP contribution >= 0.6 is 0 Å². The van der Waals surface area contributed by atoms with E-state index in [2.05, 4.69) is 10.6 Å². The minimum absolute atomic E-state index is 0.00561. The van der Waals surface area contributed by atoms with Crippen LogP contribution in [-0.4, -0.2) is 46.8 Å². The molecule has 1 atom stereocenters. The Labute approximate surface area is 195 Å². The molecule has 2 aliphatic rings. The number of carbonyl (C=O) groups is 5. The van der Waals surface area contributed by atoms with Crippen molar-refractivity contribution in [2.24, 2.45) is 0 Å². The summed E-state index contributed by atoms with van der Waals surface area (Å²) < 4.78 is 10.4. The van der Waals surface area contributed by atoms with Crippen molar-refractivity contribution < 1.29 is 33.1 Å². The quantitative estimate of drug-likeness (QED) is 0.493. The van der Waals surface area contributed by atoms with Gasteiger partial charge in [0.15, 0.2) is 6.10 Å². The number of amides is 5. The second-order valence-corrected chi connectivity index (χ2v) is 8.38. The van der Waals surface area contributed by atoms with Crippen molar-refractivity contribution in [3.8, 4) is 0 Å². The number of nitrogens with zero attached hydrogens (tertiary/aromatic N) is 1. The molecule has 1 unspecified atom stereocenters. The van der Waals surface area contributed by atoms with Crippen LogP contribution in [0.5, 0.6) is 0 Å². The molecule has 1 fully saturated rings. The Morgan fingerprint density at radius 1 is 1.09 bits per heavy atom. The fraction of sp³-hybridized carbons (Fsp3) is 0.375. The Kier molecular flexibility index (Phi) is 6.76. The lowest BCUT2D eigenvalue weighted by molar-refractivity contribution is -0.127. The zero-order chi connectivity index (χ0) is 24.2. The lowest BCUT2D eigenvalue weighted by Gasteiger charge is -2.23. The van der Waals surface area contributed by atoms with E-state index < -0.39 is 35.8 Å². The number of urea groups is 1. The molecule has 2 N–H and O–H groups in total. The summed E-state index contributed by atoms with van der Waals surface area (Å²) in [5, 5.41) is 4.94. The van der Waals surface area contributed by atoms with Crippen LogP contribution in [0.2, 0.25) is 0 Å². The zero-order valence-corrected chi connectivity index (χ0v) is 18.7. The highest BCUT2D eigenvalue weighted by Crippen LogP contribution is 2.26. The van der Waals surface area contributed by atoms with Crippen LogP contribution in [0.15, 0.2) is 41.0 Å². The Balaban J connectivity index is 1.35. The molecular weight excluding hydrogens is 442 g/mol. The van der Waals surface area contributed by atoms with Gasteiger partial charge < -0.3 is 14.5 Å². The van der Waals surface area contributed by atoms with Crippen LogP contribution in [0, 0.1) is 0 Å². The van der Waals surface area contributed by atoms with E-state index in [1.807, 2.05) is 0 Å². The highest BCUT2D eigenvalue weighted by Gasteiger charge is 2.37. The molecule has 4 rings (SSSR count). The molecule has 34 heavy (non-hydrogen) atoms. The second-order valence-electron chi connectivity index (χ2n) is 8.38. The van der Waals surface area contributed by atoms with E-state index in [9.17, 15) is 24.0 Å². The van der Waals surface area contributed by atoms with Gasteiger partial charge in [-0.2, -0.15) is 0 Å². The number of hydrogen-bond donors (Lipinski definition) is 2. The summed E-state index contributed by atoms with van der Waals surface area (Å²) in [5.74, 6) is -2.23. The third kappa shape index (κ3) is 5.00. The van der Waals surface area contributed by atoms with E-state index in [0.717, 1.165) is 37.0 Å². The number of rotatable bonds is 6. The summed E-state index contributed by atoms with van der Waals surface area (Å²) in [4.78, 5) is 63.2. The van der Waals surface area contributed by atoms with Gasteiger partial charge in [0.2, 0.25) is 0 Å². The van der Waals surface area contributed by atoms with Gasteiger partial charge >= 0.3 is 12.0 Å². The van der Waals surface area contributed by atoms with Crippen LogP contribution < -0.4 is 10.6 Å². The number of nitrogens with one attached hydrogen (secondary N) is 2. The lowest BCUT2D eigenvalue weighted by atomic mass is 9.96. The Hall–Kier alpha value is -3.95. The minimum atomic E-state index is -1.24. The molecule has 1 aliphatic heterocycles. The number of esters is 1. The van der Waals surface area contributed by atoms with E-state index in [4.69, 9.17) is 9.15 Å². The van der Waals surface area contributed by atoms with E-state index in [-0.39, 0.29) is 29.3 Å². The van der Waals surface area contributed by atoms with Gasteiger partial charge in [0.05, 0.1) is 29.5 Å². The first-order chi connectivity index (χ1) is 16.3. The molecule has 0 radical (unpaired) electrons. The third-order valence-electron chi connectivity index (χ3n) is 5.93. The smallest absolute Gasteiger partial charge is 0.338 e. The van der Waals surface area contributed by atoms with Crippen molar-refractivity contribution in [1.29, 1.82) is 0 Å². The fourth-order valence-electron chi connectivity index (χ4n) is 4.08. The maximum absolute atomic E-state index is 12.7. The van der Waals surface area contributed by atoms with Crippen molar-refractivity contribution in [1.82, 2.24) is 15.5 Å². The monoisotopic (exact) mass is 467 g/mol. The van der Waals surface area contributed by atoms with Gasteiger partial charge in [-0.25, -0.2) is 9.59 Å². The zero-order valence-electron chi connectivity index (χ0n) is 18.7. The number of hydrogen-bond acceptors (Lipinski definition) is 7. The predicted octanol–water partition coefficient (Wildman–Crippen LogP) is 2.78. The Morgan fingerprint density at radius 2 is 1.82 bits per heavy atom. The predicted molar refractivity (Wildman–Crippen MR) is 118 cm³/mol. The first kappa shape index (κ1) is 23.2. The third-order valence-corrected chi connectivity index (χ3v) is 5.93. The fourth-order valence-corrected chi connectivity index (χ4v) is 4.08. The van der Waals surface area contributed by atoms with Crippen LogP contribution in [0.1, 0.15) is 75.9 Å². The molecule has 178 valence electrons. The molecule has 1 aromatic heterocycles. The lowest BCUT2D eigenvalue weighted by Crippen LogP contribution is -2.48. The molecule has 1 saturated carbocycles. The maximum Gasteiger partial charge on any atom is 0.338 e. The average molecular weight is 467 g/mol. The molecule has 0 bridgehead atoms. The summed E-state index contributed by atoms with van der Waals surface area (Å²) >= 11 is 0. The van der Waals surface area contributed by atoms with Crippen LogP contribution in [0.25, 0.3) is 0 Å². The summed E-state index contributed by atoms with van der Waals surface area (Å²) in [6.07, 6.45) is 5.13. The van der Waals surface area contributed by atoms with E-state index in [1.165, 1.54) is 31.4 Å². The number of fused-ring (bicyclic) bond motifs is 1. The molecular formula is C24H25N3O7. The highest BCUT2D eigenvalue weighted by atomic mass is 16.5. The summed E-state index contributed by atoms with van der Waals surface area (Å²) in [6.45, 7) is 1.31. The van der Waals surface area contributed by atoms with Gasteiger partial charge in [-0.1, -0.05) is 19.3 Å². The van der Waals surface area contributed by atoms with Crippen molar-refractivity contribution in [2.75, 3.05) is 0 Å². The van der Waals surface area contributed by atoms with Gasteiger partial charge in [-0.05, 0) is 50.1 Å². The molecule has 1 aliphatic carbocycles. The first-order valence-corrected chi connectivity index (χ1v) is 11.2. The summed E-state index contributed by atoms with van der Waals surface area (Å²) in [5.41, 5.74) is 0.235. The van der Waals surface area contributed by atoms with Gasteiger partial charge in [0, 0.05) is 6.04 Å². The van der Waals surface area contributed by atoms with E-state index in [0.29, 0.717) is 5.76 Å². The van der Waals surface area contributed by atoms with Crippen molar-refractivity contribution in [3.63, 3.8) is 0 Å². The topological polar surface area (TPSA) is 135 Å². The van der Waals surface area contributed by atoms with Gasteiger partial charge in [-0.3, -0.25) is 24.6 Å². The molecule has 0 saturated heterocycles. The highest BCUT2D eigenvalue weighted by molar-refractivity contribution is 6.21. The van der Waals surface area contributed by atoms with Crippen molar-refractivity contribution in [2.45, 2.75) is 57.7 Å². The van der Waals surface area contributed by atoms with E-state index in [1.54, 1.807) is 12.1 Å². The molecule has 2 heterocycles. The molecule has 2 aromatic rings. The number of carbonyl (C=O) groups excluding carboxylic acids is 5. The Morgan fingerprint density at radius 3 is 2.53 bits per heavy atom. The van der Waals surface area contributed by atoms with Gasteiger partial charge in [0.25, 0.3) is 17.7 Å². The van der Waals surface area contributed by atoms with Crippen LogP contribution in [0.4, 0.5) is 4.79 Å². The molecule has 10 heteroatoms. The summed E-state index contributed by atoms with van der Waals surface area (Å²) in [6, 6.07) is 6.68. The van der Waals surface area contributed by atoms with E-state index >= 15 is 0 Å². The minimum Gasteiger partial charge on any atom is -0.467 e. The Bertz CT molecular complexity index is 1120. The molecule has 10 nitrogen and oxygen atoms in total. The largest absolute Gasteiger partial charge is 0.467 e.